The Bertz CT molecular complexity index is 888. The highest BCUT2D eigenvalue weighted by Crippen LogP contribution is 2.23. The molecule has 0 amide bonds. The second kappa shape index (κ2) is 7.80. The summed E-state index contributed by atoms with van der Waals surface area (Å²) in [7, 11) is -1.13. The van der Waals surface area contributed by atoms with Crippen LogP contribution in [-0.2, 0) is 11.5 Å². The number of nitrogens with zero attached hydrogens (tertiary/aromatic N) is 3. The van der Waals surface area contributed by atoms with Crippen LogP contribution in [0, 0.1) is 0 Å². The number of rotatable bonds is 8. The molecule has 0 N–H and O–H groups in total. The number of fused-ring (bicyclic) bond motifs is 1. The molecule has 0 aliphatic heterocycles. The van der Waals surface area contributed by atoms with Gasteiger partial charge in [0.1, 0.15) is 18.0 Å². The number of hydrogen-bond donors (Lipinski definition) is 0. The zero-order valence-electron chi connectivity index (χ0n) is 15.3. The van der Waals surface area contributed by atoms with E-state index < -0.39 is 8.07 Å². The lowest BCUT2D eigenvalue weighted by molar-refractivity contribution is 0.0897. The number of hydrogen-bond acceptors (Lipinski definition) is 5. The first-order valence-electron chi connectivity index (χ1n) is 8.58. The van der Waals surface area contributed by atoms with Crippen molar-refractivity contribution in [2.75, 3.05) is 6.61 Å². The van der Waals surface area contributed by atoms with Gasteiger partial charge < -0.3 is 14.0 Å². The van der Waals surface area contributed by atoms with Gasteiger partial charge in [0, 0.05) is 20.9 Å². The topological polar surface area (TPSA) is 66.2 Å². The van der Waals surface area contributed by atoms with Crippen molar-refractivity contribution in [1.29, 1.82) is 0 Å². The second-order valence-corrected chi connectivity index (χ2v) is 12.9. The Balaban J connectivity index is 1.78. The van der Waals surface area contributed by atoms with E-state index in [1.54, 1.807) is 12.4 Å². The van der Waals surface area contributed by atoms with Crippen LogP contribution < -0.4 is 4.74 Å². The molecular weight excluding hydrogens is 346 g/mol. The fourth-order valence-electron chi connectivity index (χ4n) is 2.44. The number of carbonyl (C=O) groups is 1. The van der Waals surface area contributed by atoms with Gasteiger partial charge in [0.05, 0.1) is 11.8 Å². The van der Waals surface area contributed by atoms with E-state index in [4.69, 9.17) is 9.47 Å². The maximum Gasteiger partial charge on any atom is 0.238 e. The molecule has 0 unspecified atom stereocenters. The molecule has 0 spiro atoms. The molecule has 0 saturated carbocycles. The number of ether oxygens (including phenoxy) is 2. The van der Waals surface area contributed by atoms with Gasteiger partial charge in [-0.2, -0.15) is 0 Å². The number of benzene rings is 1. The van der Waals surface area contributed by atoms with E-state index in [0.29, 0.717) is 41.7 Å². The lowest BCUT2D eigenvalue weighted by Crippen LogP contribution is -2.22. The third kappa shape index (κ3) is 4.56. The Hall–Kier alpha value is -2.51. The van der Waals surface area contributed by atoms with Crippen molar-refractivity contribution in [3.63, 3.8) is 0 Å². The highest BCUT2D eigenvalue weighted by Gasteiger charge is 2.15. The summed E-state index contributed by atoms with van der Waals surface area (Å²) in [4.78, 5) is 20.3. The first kappa shape index (κ1) is 18.3. The summed E-state index contributed by atoms with van der Waals surface area (Å²) in [6.45, 7) is 7.99. The molecular formula is C19H23N3O3Si. The van der Waals surface area contributed by atoms with Gasteiger partial charge in [0.15, 0.2) is 11.9 Å². The summed E-state index contributed by atoms with van der Waals surface area (Å²) in [6.07, 6.45) is 4.06. The van der Waals surface area contributed by atoms with Crippen molar-refractivity contribution in [2.24, 2.45) is 0 Å². The molecule has 2 heterocycles. The predicted molar refractivity (Wildman–Crippen MR) is 104 cm³/mol. The summed E-state index contributed by atoms with van der Waals surface area (Å²) < 4.78 is 13.3. The first-order chi connectivity index (χ1) is 12.5. The minimum atomic E-state index is -1.13. The number of aldehydes is 1. The van der Waals surface area contributed by atoms with E-state index >= 15 is 0 Å². The van der Waals surface area contributed by atoms with Crippen LogP contribution in [0.25, 0.3) is 11.2 Å². The van der Waals surface area contributed by atoms with E-state index in [2.05, 4.69) is 29.6 Å². The minimum absolute atomic E-state index is 0.350. The Morgan fingerprint density at radius 2 is 1.96 bits per heavy atom. The SMILES string of the molecule is C[Si](C)(C)CCOCn1cc(C=O)c2nc(Oc3ccccc3)cnc21. The molecule has 0 bridgehead atoms. The van der Waals surface area contributed by atoms with Crippen LogP contribution in [0.15, 0.2) is 42.7 Å². The molecule has 0 atom stereocenters. The maximum absolute atomic E-state index is 11.4. The van der Waals surface area contributed by atoms with Crippen molar-refractivity contribution in [1.82, 2.24) is 14.5 Å². The zero-order chi connectivity index (χ0) is 18.6. The fraction of sp³-hybridized carbons (Fsp3) is 0.316. The molecule has 0 aliphatic rings. The van der Waals surface area contributed by atoms with Gasteiger partial charge in [-0.05, 0) is 18.2 Å². The maximum atomic E-state index is 11.4. The first-order valence-corrected chi connectivity index (χ1v) is 12.3. The Kier molecular flexibility index (Phi) is 5.48. The molecule has 136 valence electrons. The smallest absolute Gasteiger partial charge is 0.238 e. The largest absolute Gasteiger partial charge is 0.437 e. The van der Waals surface area contributed by atoms with Crippen LogP contribution in [0.4, 0.5) is 0 Å². The van der Waals surface area contributed by atoms with Gasteiger partial charge in [-0.1, -0.05) is 37.8 Å². The standard InChI is InChI=1S/C19H23N3O3Si/c1-26(2,3)10-9-24-14-22-12-15(13-23)18-19(22)20-11-17(21-18)25-16-7-5-4-6-8-16/h4-8,11-13H,9-10,14H2,1-3H3. The normalized spacial score (nSPS) is 11.7. The lowest BCUT2D eigenvalue weighted by Gasteiger charge is -2.15. The lowest BCUT2D eigenvalue weighted by atomic mass is 10.3. The average molecular weight is 369 g/mol. The van der Waals surface area contributed by atoms with Gasteiger partial charge in [0.2, 0.25) is 5.88 Å². The minimum Gasteiger partial charge on any atom is -0.437 e. The highest BCUT2D eigenvalue weighted by atomic mass is 28.3. The van der Waals surface area contributed by atoms with Gasteiger partial charge in [-0.15, -0.1) is 0 Å². The summed E-state index contributed by atoms with van der Waals surface area (Å²) in [5.41, 5.74) is 1.60. The van der Waals surface area contributed by atoms with E-state index in [-0.39, 0.29) is 0 Å². The molecule has 7 heteroatoms. The number of para-hydroxylation sites is 1. The van der Waals surface area contributed by atoms with Crippen LogP contribution in [0.3, 0.4) is 0 Å². The van der Waals surface area contributed by atoms with Crippen LogP contribution in [0.2, 0.25) is 25.7 Å². The van der Waals surface area contributed by atoms with Crippen molar-refractivity contribution >= 4 is 25.5 Å². The van der Waals surface area contributed by atoms with Crippen LogP contribution in [0.1, 0.15) is 10.4 Å². The van der Waals surface area contributed by atoms with E-state index in [1.165, 1.54) is 0 Å². The molecule has 0 saturated heterocycles. The van der Waals surface area contributed by atoms with Crippen LogP contribution in [-0.4, -0.2) is 35.5 Å². The van der Waals surface area contributed by atoms with E-state index in [1.807, 2.05) is 34.9 Å². The summed E-state index contributed by atoms with van der Waals surface area (Å²) >= 11 is 0. The van der Waals surface area contributed by atoms with Crippen LogP contribution >= 0.6 is 0 Å². The van der Waals surface area contributed by atoms with Gasteiger partial charge >= 0.3 is 0 Å². The van der Waals surface area contributed by atoms with Crippen molar-refractivity contribution in [2.45, 2.75) is 32.4 Å². The third-order valence-corrected chi connectivity index (χ3v) is 5.59. The summed E-state index contributed by atoms with van der Waals surface area (Å²) in [6, 6.07) is 10.4. The molecule has 3 rings (SSSR count). The van der Waals surface area contributed by atoms with Gasteiger partial charge in [0.25, 0.3) is 0 Å². The fourth-order valence-corrected chi connectivity index (χ4v) is 3.20. The van der Waals surface area contributed by atoms with Gasteiger partial charge in [-0.25, -0.2) is 9.97 Å². The molecule has 0 radical (unpaired) electrons. The van der Waals surface area contributed by atoms with E-state index in [0.717, 1.165) is 12.3 Å². The summed E-state index contributed by atoms with van der Waals surface area (Å²) in [5, 5.41) is 0. The van der Waals surface area contributed by atoms with E-state index in [9.17, 15) is 4.79 Å². The Morgan fingerprint density at radius 1 is 1.19 bits per heavy atom. The Morgan fingerprint density at radius 3 is 2.65 bits per heavy atom. The van der Waals surface area contributed by atoms with Crippen molar-refractivity contribution in [3.8, 4) is 11.6 Å². The average Bonchev–Trinajstić information content (AvgIpc) is 2.96. The molecule has 2 aromatic heterocycles. The predicted octanol–water partition coefficient (Wildman–Crippen LogP) is 4.35. The molecule has 0 aliphatic carbocycles. The quantitative estimate of drug-likeness (QED) is 0.335. The van der Waals surface area contributed by atoms with Crippen LogP contribution in [0.5, 0.6) is 11.6 Å². The zero-order valence-corrected chi connectivity index (χ0v) is 16.3. The van der Waals surface area contributed by atoms with Crippen molar-refractivity contribution in [3.05, 3.63) is 48.3 Å². The monoisotopic (exact) mass is 369 g/mol. The molecule has 1 aromatic carbocycles. The Labute approximate surface area is 153 Å². The number of aromatic nitrogens is 3. The molecule has 0 fully saturated rings. The molecule has 6 nitrogen and oxygen atoms in total. The third-order valence-electron chi connectivity index (χ3n) is 3.89. The second-order valence-electron chi connectivity index (χ2n) is 7.32. The molecule has 26 heavy (non-hydrogen) atoms. The summed E-state index contributed by atoms with van der Waals surface area (Å²) in [5.74, 6) is 1.02. The van der Waals surface area contributed by atoms with Gasteiger partial charge in [-0.3, -0.25) is 4.79 Å². The van der Waals surface area contributed by atoms with Crippen molar-refractivity contribution < 1.29 is 14.3 Å². The highest BCUT2D eigenvalue weighted by molar-refractivity contribution is 6.76. The molecule has 3 aromatic rings. The number of carbonyl (C=O) groups excluding carboxylic acids is 1.